The first kappa shape index (κ1) is 15.6. The number of nitrogens with zero attached hydrogens (tertiary/aromatic N) is 1. The highest BCUT2D eigenvalue weighted by Crippen LogP contribution is 2.28. The minimum Gasteiger partial charge on any atom is -0.388 e. The molecule has 1 aromatic rings. The Balaban J connectivity index is 2.89. The number of nitro benzene ring substituents is 1. The second kappa shape index (κ2) is 6.12. The van der Waals surface area contributed by atoms with Gasteiger partial charge in [0.05, 0.1) is 16.1 Å². The van der Waals surface area contributed by atoms with Crippen LogP contribution in [-0.2, 0) is 0 Å². The molecule has 0 aliphatic rings. The summed E-state index contributed by atoms with van der Waals surface area (Å²) < 4.78 is 0.133. The zero-order chi connectivity index (χ0) is 14.6. The van der Waals surface area contributed by atoms with Crippen molar-refractivity contribution in [3.8, 4) is 0 Å². The first-order valence-corrected chi connectivity index (χ1v) is 6.51. The van der Waals surface area contributed by atoms with Gasteiger partial charge in [-0.05, 0) is 35.3 Å². The van der Waals surface area contributed by atoms with E-state index >= 15 is 0 Å². The van der Waals surface area contributed by atoms with Gasteiger partial charge in [0.15, 0.2) is 0 Å². The highest BCUT2D eigenvalue weighted by atomic mass is 79.9. The van der Waals surface area contributed by atoms with Crippen LogP contribution in [0.2, 0.25) is 0 Å². The fraction of sp³-hybridized carbons (Fsp3) is 0.417. The number of carbonyl (C=O) groups excluding carboxylic acids is 1. The molecule has 6 nitrogen and oxygen atoms in total. The minimum absolute atomic E-state index is 0.0808. The molecular weight excluding hydrogens is 316 g/mol. The Morgan fingerprint density at radius 3 is 2.74 bits per heavy atom. The van der Waals surface area contributed by atoms with E-state index in [1.54, 1.807) is 13.8 Å². The highest BCUT2D eigenvalue weighted by Gasteiger charge is 2.22. The standard InChI is InChI=1S/C12H15BrN2O4/c1-3-12(2,17)7-14-11(16)8-5-4-6-9(10(8)13)15(18)19/h4-6,17H,3,7H2,1-2H3,(H,14,16). The van der Waals surface area contributed by atoms with Gasteiger partial charge in [-0.25, -0.2) is 0 Å². The van der Waals surface area contributed by atoms with Crippen LogP contribution in [0, 0.1) is 10.1 Å². The van der Waals surface area contributed by atoms with Crippen molar-refractivity contribution < 1.29 is 14.8 Å². The summed E-state index contributed by atoms with van der Waals surface area (Å²) in [6.07, 6.45) is 0.489. The Morgan fingerprint density at radius 2 is 2.21 bits per heavy atom. The van der Waals surface area contributed by atoms with E-state index in [1.165, 1.54) is 18.2 Å². The van der Waals surface area contributed by atoms with Gasteiger partial charge in [-0.3, -0.25) is 14.9 Å². The maximum atomic E-state index is 11.9. The van der Waals surface area contributed by atoms with E-state index in [4.69, 9.17) is 0 Å². The summed E-state index contributed by atoms with van der Waals surface area (Å²) in [5.74, 6) is -0.468. The molecule has 2 N–H and O–H groups in total. The molecular formula is C12H15BrN2O4. The lowest BCUT2D eigenvalue weighted by molar-refractivity contribution is -0.385. The van der Waals surface area contributed by atoms with Gasteiger partial charge in [0, 0.05) is 12.6 Å². The molecule has 0 aromatic heterocycles. The van der Waals surface area contributed by atoms with Crippen molar-refractivity contribution in [3.05, 3.63) is 38.3 Å². The second-order valence-corrected chi connectivity index (χ2v) is 5.22. The quantitative estimate of drug-likeness (QED) is 0.639. The number of rotatable bonds is 5. The fourth-order valence-corrected chi connectivity index (χ4v) is 1.92. The number of carbonyl (C=O) groups is 1. The number of nitrogens with one attached hydrogen (secondary N) is 1. The maximum Gasteiger partial charge on any atom is 0.284 e. The number of nitro groups is 1. The number of hydrogen-bond acceptors (Lipinski definition) is 4. The summed E-state index contributed by atoms with van der Waals surface area (Å²) in [4.78, 5) is 22.1. The lowest BCUT2D eigenvalue weighted by Gasteiger charge is -2.21. The Kier molecular flexibility index (Phi) is 5.02. The Morgan fingerprint density at radius 1 is 1.58 bits per heavy atom. The molecule has 1 atom stereocenters. The van der Waals surface area contributed by atoms with Gasteiger partial charge >= 0.3 is 0 Å². The predicted molar refractivity (Wildman–Crippen MR) is 74.0 cm³/mol. The molecule has 0 aliphatic heterocycles. The van der Waals surface area contributed by atoms with Crippen LogP contribution >= 0.6 is 15.9 Å². The normalized spacial score (nSPS) is 13.7. The average molecular weight is 331 g/mol. The third kappa shape index (κ3) is 4.00. The topological polar surface area (TPSA) is 92.5 Å². The first-order valence-electron chi connectivity index (χ1n) is 5.72. The highest BCUT2D eigenvalue weighted by molar-refractivity contribution is 9.10. The smallest absolute Gasteiger partial charge is 0.284 e. The molecule has 0 saturated heterocycles. The van der Waals surface area contributed by atoms with Crippen LogP contribution in [0.15, 0.2) is 22.7 Å². The van der Waals surface area contributed by atoms with E-state index in [0.717, 1.165) is 0 Å². The van der Waals surface area contributed by atoms with Gasteiger partial charge in [-0.1, -0.05) is 13.0 Å². The summed E-state index contributed by atoms with van der Waals surface area (Å²) in [6.45, 7) is 3.49. The van der Waals surface area contributed by atoms with Crippen LogP contribution in [0.3, 0.4) is 0 Å². The number of aliphatic hydroxyl groups is 1. The van der Waals surface area contributed by atoms with Crippen LogP contribution in [0.25, 0.3) is 0 Å². The Bertz CT molecular complexity index is 503. The lowest BCUT2D eigenvalue weighted by Crippen LogP contribution is -2.40. The van der Waals surface area contributed by atoms with E-state index in [1.807, 2.05) is 0 Å². The molecule has 0 aliphatic carbocycles. The molecule has 0 saturated carbocycles. The van der Waals surface area contributed by atoms with E-state index in [2.05, 4.69) is 21.2 Å². The summed E-state index contributed by atoms with van der Waals surface area (Å²) in [7, 11) is 0. The zero-order valence-corrected chi connectivity index (χ0v) is 12.2. The van der Waals surface area contributed by atoms with Crippen LogP contribution in [-0.4, -0.2) is 28.1 Å². The minimum atomic E-state index is -0.997. The third-order valence-electron chi connectivity index (χ3n) is 2.81. The molecule has 1 rings (SSSR count). The van der Waals surface area contributed by atoms with Crippen molar-refractivity contribution in [3.63, 3.8) is 0 Å². The fourth-order valence-electron chi connectivity index (χ4n) is 1.33. The molecule has 7 heteroatoms. The van der Waals surface area contributed by atoms with E-state index in [9.17, 15) is 20.0 Å². The van der Waals surface area contributed by atoms with Gasteiger partial charge in [0.25, 0.3) is 11.6 Å². The summed E-state index contributed by atoms with van der Waals surface area (Å²) in [6, 6.07) is 4.23. The average Bonchev–Trinajstić information content (AvgIpc) is 2.36. The molecule has 1 amide bonds. The van der Waals surface area contributed by atoms with Gasteiger partial charge in [-0.15, -0.1) is 0 Å². The van der Waals surface area contributed by atoms with Crippen molar-refractivity contribution in [1.82, 2.24) is 5.32 Å². The van der Waals surface area contributed by atoms with E-state index in [-0.39, 0.29) is 22.3 Å². The monoisotopic (exact) mass is 330 g/mol. The summed E-state index contributed by atoms with van der Waals surface area (Å²) >= 11 is 3.05. The summed E-state index contributed by atoms with van der Waals surface area (Å²) in [5.41, 5.74) is -1.00. The van der Waals surface area contributed by atoms with Crippen molar-refractivity contribution in [2.75, 3.05) is 6.54 Å². The van der Waals surface area contributed by atoms with Crippen molar-refractivity contribution in [2.45, 2.75) is 25.9 Å². The largest absolute Gasteiger partial charge is 0.388 e. The molecule has 0 fully saturated rings. The SMILES string of the molecule is CCC(C)(O)CNC(=O)c1cccc([N+](=O)[O-])c1Br. The molecule has 1 unspecified atom stereocenters. The molecule has 0 radical (unpaired) electrons. The van der Waals surface area contributed by atoms with Crippen LogP contribution < -0.4 is 5.32 Å². The van der Waals surface area contributed by atoms with Crippen LogP contribution in [0.4, 0.5) is 5.69 Å². The molecule has 0 heterocycles. The molecule has 1 aromatic carbocycles. The lowest BCUT2D eigenvalue weighted by atomic mass is 10.0. The van der Waals surface area contributed by atoms with Crippen molar-refractivity contribution >= 4 is 27.5 Å². The predicted octanol–water partition coefficient (Wildman–Crippen LogP) is 2.25. The van der Waals surface area contributed by atoms with Gasteiger partial charge in [0.1, 0.15) is 4.47 Å². The zero-order valence-electron chi connectivity index (χ0n) is 10.6. The first-order chi connectivity index (χ1) is 8.78. The second-order valence-electron chi connectivity index (χ2n) is 4.43. The molecule has 19 heavy (non-hydrogen) atoms. The number of hydrogen-bond donors (Lipinski definition) is 2. The molecule has 104 valence electrons. The van der Waals surface area contributed by atoms with Crippen molar-refractivity contribution in [2.24, 2.45) is 0 Å². The Hall–Kier alpha value is -1.47. The molecule has 0 bridgehead atoms. The third-order valence-corrected chi connectivity index (χ3v) is 3.64. The molecule has 0 spiro atoms. The number of amides is 1. The Labute approximate surface area is 119 Å². The number of halogens is 1. The van der Waals surface area contributed by atoms with E-state index < -0.39 is 16.4 Å². The summed E-state index contributed by atoms with van der Waals surface area (Å²) in [5, 5.41) is 23.1. The maximum absolute atomic E-state index is 11.9. The van der Waals surface area contributed by atoms with Gasteiger partial charge < -0.3 is 10.4 Å². The van der Waals surface area contributed by atoms with Crippen LogP contribution in [0.5, 0.6) is 0 Å². The van der Waals surface area contributed by atoms with E-state index in [0.29, 0.717) is 6.42 Å². The van der Waals surface area contributed by atoms with Crippen molar-refractivity contribution in [1.29, 1.82) is 0 Å². The van der Waals surface area contributed by atoms with Gasteiger partial charge in [0.2, 0.25) is 0 Å². The van der Waals surface area contributed by atoms with Gasteiger partial charge in [-0.2, -0.15) is 0 Å². The number of benzene rings is 1. The van der Waals surface area contributed by atoms with Crippen LogP contribution in [0.1, 0.15) is 30.6 Å².